The summed E-state index contributed by atoms with van der Waals surface area (Å²) in [7, 11) is 0. The van der Waals surface area contributed by atoms with E-state index >= 15 is 0 Å². The SMILES string of the molecule is C=C(C)C(C#CC(C)C)=C(C)C. The van der Waals surface area contributed by atoms with Gasteiger partial charge in [0, 0.05) is 11.5 Å². The van der Waals surface area contributed by atoms with Gasteiger partial charge in [0.2, 0.25) is 0 Å². The van der Waals surface area contributed by atoms with Crippen LogP contribution in [-0.4, -0.2) is 0 Å². The zero-order valence-corrected chi connectivity index (χ0v) is 8.78. The van der Waals surface area contributed by atoms with Crippen LogP contribution in [0.3, 0.4) is 0 Å². The maximum atomic E-state index is 3.89. The Morgan fingerprint density at radius 1 is 1.17 bits per heavy atom. The van der Waals surface area contributed by atoms with E-state index in [0.717, 1.165) is 11.1 Å². The Bertz CT molecular complexity index is 249. The second kappa shape index (κ2) is 4.83. The Kier molecular flexibility index (Phi) is 4.44. The number of allylic oxidation sites excluding steroid dienone is 3. The highest BCUT2D eigenvalue weighted by atomic mass is 14.0. The van der Waals surface area contributed by atoms with Crippen LogP contribution in [0.1, 0.15) is 34.6 Å². The van der Waals surface area contributed by atoms with Gasteiger partial charge in [-0.05, 0) is 26.3 Å². The van der Waals surface area contributed by atoms with Gasteiger partial charge in [-0.2, -0.15) is 0 Å². The summed E-state index contributed by atoms with van der Waals surface area (Å²) in [6.45, 7) is 14.2. The predicted molar refractivity (Wildman–Crippen MR) is 55.8 cm³/mol. The number of rotatable bonds is 1. The minimum absolute atomic E-state index is 0.429. The van der Waals surface area contributed by atoms with Crippen molar-refractivity contribution in [2.75, 3.05) is 0 Å². The first kappa shape index (κ1) is 11.0. The smallest absolute Gasteiger partial charge is 0.0255 e. The van der Waals surface area contributed by atoms with Crippen molar-refractivity contribution in [1.29, 1.82) is 0 Å². The van der Waals surface area contributed by atoms with E-state index in [1.807, 2.05) is 6.92 Å². The van der Waals surface area contributed by atoms with E-state index < -0.39 is 0 Å². The maximum absolute atomic E-state index is 3.89. The lowest BCUT2D eigenvalue weighted by Gasteiger charge is -2.00. The van der Waals surface area contributed by atoms with Gasteiger partial charge in [0.1, 0.15) is 0 Å². The van der Waals surface area contributed by atoms with Crippen LogP contribution in [0, 0.1) is 17.8 Å². The van der Waals surface area contributed by atoms with Crippen molar-refractivity contribution in [2.45, 2.75) is 34.6 Å². The van der Waals surface area contributed by atoms with Crippen LogP contribution in [0.2, 0.25) is 0 Å². The summed E-state index contributed by atoms with van der Waals surface area (Å²) < 4.78 is 0. The monoisotopic (exact) mass is 162 g/mol. The highest BCUT2D eigenvalue weighted by Gasteiger charge is 1.95. The van der Waals surface area contributed by atoms with Crippen molar-refractivity contribution in [3.63, 3.8) is 0 Å². The predicted octanol–water partition coefficient (Wildman–Crippen LogP) is 3.56. The molecule has 0 atom stereocenters. The molecule has 0 spiro atoms. The fourth-order valence-corrected chi connectivity index (χ4v) is 0.875. The van der Waals surface area contributed by atoms with E-state index in [1.165, 1.54) is 5.57 Å². The molecule has 0 radical (unpaired) electrons. The van der Waals surface area contributed by atoms with Crippen LogP contribution in [0.25, 0.3) is 0 Å². The van der Waals surface area contributed by atoms with E-state index in [4.69, 9.17) is 0 Å². The van der Waals surface area contributed by atoms with Crippen molar-refractivity contribution >= 4 is 0 Å². The third kappa shape index (κ3) is 4.03. The highest BCUT2D eigenvalue weighted by molar-refractivity contribution is 5.45. The highest BCUT2D eigenvalue weighted by Crippen LogP contribution is 2.11. The summed E-state index contributed by atoms with van der Waals surface area (Å²) in [5.74, 6) is 6.72. The minimum Gasteiger partial charge on any atom is -0.0951 e. The zero-order valence-electron chi connectivity index (χ0n) is 8.78. The van der Waals surface area contributed by atoms with Gasteiger partial charge in [-0.15, -0.1) is 0 Å². The molecule has 0 rings (SSSR count). The van der Waals surface area contributed by atoms with Crippen molar-refractivity contribution in [2.24, 2.45) is 5.92 Å². The Morgan fingerprint density at radius 2 is 1.67 bits per heavy atom. The molecule has 66 valence electrons. The van der Waals surface area contributed by atoms with Crippen molar-refractivity contribution in [3.8, 4) is 11.8 Å². The van der Waals surface area contributed by atoms with Gasteiger partial charge < -0.3 is 0 Å². The maximum Gasteiger partial charge on any atom is 0.0255 e. The van der Waals surface area contributed by atoms with Crippen LogP contribution >= 0.6 is 0 Å². The third-order valence-corrected chi connectivity index (χ3v) is 1.41. The zero-order chi connectivity index (χ0) is 9.72. The minimum atomic E-state index is 0.429. The van der Waals surface area contributed by atoms with Gasteiger partial charge >= 0.3 is 0 Å². The van der Waals surface area contributed by atoms with Gasteiger partial charge in [-0.1, -0.05) is 37.8 Å². The van der Waals surface area contributed by atoms with Gasteiger partial charge in [0.15, 0.2) is 0 Å². The molecule has 0 aliphatic heterocycles. The molecule has 0 bridgehead atoms. The molecule has 0 fully saturated rings. The molecule has 0 N–H and O–H groups in total. The summed E-state index contributed by atoms with van der Waals surface area (Å²) >= 11 is 0. The van der Waals surface area contributed by atoms with Crippen molar-refractivity contribution in [3.05, 3.63) is 23.3 Å². The van der Waals surface area contributed by atoms with E-state index in [-0.39, 0.29) is 0 Å². The summed E-state index contributed by atoms with van der Waals surface area (Å²) in [5.41, 5.74) is 3.41. The Morgan fingerprint density at radius 3 is 1.92 bits per heavy atom. The van der Waals surface area contributed by atoms with Crippen LogP contribution in [-0.2, 0) is 0 Å². The van der Waals surface area contributed by atoms with E-state index in [9.17, 15) is 0 Å². The molecule has 0 heterocycles. The van der Waals surface area contributed by atoms with E-state index in [0.29, 0.717) is 5.92 Å². The van der Waals surface area contributed by atoms with Crippen LogP contribution < -0.4 is 0 Å². The van der Waals surface area contributed by atoms with Crippen LogP contribution in [0.15, 0.2) is 23.3 Å². The average molecular weight is 162 g/mol. The van der Waals surface area contributed by atoms with Gasteiger partial charge in [0.05, 0.1) is 0 Å². The lowest BCUT2D eigenvalue weighted by Crippen LogP contribution is -1.86. The molecule has 0 aromatic carbocycles. The summed E-state index contributed by atoms with van der Waals surface area (Å²) in [6, 6.07) is 0. The normalized spacial score (nSPS) is 8.83. The molecule has 0 heteroatoms. The number of hydrogen-bond acceptors (Lipinski definition) is 0. The Balaban J connectivity index is 4.74. The van der Waals surface area contributed by atoms with E-state index in [2.05, 4.69) is 46.1 Å². The lowest BCUT2D eigenvalue weighted by molar-refractivity contribution is 0.866. The van der Waals surface area contributed by atoms with Crippen molar-refractivity contribution in [1.82, 2.24) is 0 Å². The summed E-state index contributed by atoms with van der Waals surface area (Å²) in [6.07, 6.45) is 0. The fraction of sp³-hybridized carbons (Fsp3) is 0.500. The Labute approximate surface area is 76.4 Å². The average Bonchev–Trinajstić information content (AvgIpc) is 1.84. The number of hydrogen-bond donors (Lipinski definition) is 0. The molecule has 12 heavy (non-hydrogen) atoms. The quantitative estimate of drug-likeness (QED) is 0.408. The molecule has 0 saturated carbocycles. The molecular formula is C12H18. The molecular weight excluding hydrogens is 144 g/mol. The second-order valence-electron chi connectivity index (χ2n) is 3.58. The second-order valence-corrected chi connectivity index (χ2v) is 3.58. The molecule has 0 unspecified atom stereocenters. The van der Waals surface area contributed by atoms with Crippen molar-refractivity contribution < 1.29 is 0 Å². The lowest BCUT2D eigenvalue weighted by atomic mass is 10.0. The van der Waals surface area contributed by atoms with E-state index in [1.54, 1.807) is 0 Å². The molecule has 0 aliphatic rings. The molecule has 0 amide bonds. The largest absolute Gasteiger partial charge is 0.0951 e. The van der Waals surface area contributed by atoms with Crippen LogP contribution in [0.4, 0.5) is 0 Å². The molecule has 0 aliphatic carbocycles. The summed E-state index contributed by atoms with van der Waals surface area (Å²) in [4.78, 5) is 0. The first-order chi connectivity index (χ1) is 5.45. The topological polar surface area (TPSA) is 0 Å². The Hall–Kier alpha value is -0.960. The molecule has 0 aromatic rings. The molecule has 0 saturated heterocycles. The van der Waals surface area contributed by atoms with Crippen LogP contribution in [0.5, 0.6) is 0 Å². The molecule has 0 aromatic heterocycles. The third-order valence-electron chi connectivity index (χ3n) is 1.41. The first-order valence-corrected chi connectivity index (χ1v) is 4.30. The standard InChI is InChI=1S/C12H18/c1-9(2)7-8-12(10(3)4)11(5)6/h9H,3H2,1-2,4-6H3. The van der Waals surface area contributed by atoms with Gasteiger partial charge in [-0.3, -0.25) is 0 Å². The van der Waals surface area contributed by atoms with Gasteiger partial charge in [-0.25, -0.2) is 0 Å². The summed E-state index contributed by atoms with van der Waals surface area (Å²) in [5, 5.41) is 0. The van der Waals surface area contributed by atoms with Gasteiger partial charge in [0.25, 0.3) is 0 Å². The molecule has 0 nitrogen and oxygen atoms in total. The fourth-order valence-electron chi connectivity index (χ4n) is 0.875. The first-order valence-electron chi connectivity index (χ1n) is 4.30.